The molecular formula is C10H8ClFN2O3. The first kappa shape index (κ1) is 11.8. The van der Waals surface area contributed by atoms with Crippen LogP contribution in [0.4, 0.5) is 4.39 Å². The van der Waals surface area contributed by atoms with Crippen LogP contribution in [0, 0.1) is 6.92 Å². The van der Waals surface area contributed by atoms with Crippen molar-refractivity contribution < 1.29 is 18.8 Å². The van der Waals surface area contributed by atoms with Gasteiger partial charge in [0.15, 0.2) is 0 Å². The zero-order valence-corrected chi connectivity index (χ0v) is 9.48. The zero-order valence-electron chi connectivity index (χ0n) is 8.72. The second-order valence-electron chi connectivity index (χ2n) is 3.54. The molecule has 2 rings (SSSR count). The first-order chi connectivity index (χ1) is 7.93. The highest BCUT2D eigenvalue weighted by molar-refractivity contribution is 6.25. The van der Waals surface area contributed by atoms with E-state index in [-0.39, 0.29) is 17.0 Å². The summed E-state index contributed by atoms with van der Waals surface area (Å²) in [5.41, 5.74) is -0.321. The Morgan fingerprint density at radius 2 is 2.41 bits per heavy atom. The number of halogens is 2. The van der Waals surface area contributed by atoms with Crippen molar-refractivity contribution in [3.05, 3.63) is 29.2 Å². The van der Waals surface area contributed by atoms with Crippen LogP contribution < -0.4 is 0 Å². The van der Waals surface area contributed by atoms with Gasteiger partial charge in [-0.15, -0.1) is 0 Å². The molecule has 7 heteroatoms. The molecule has 90 valence electrons. The number of aromatic nitrogens is 1. The van der Waals surface area contributed by atoms with Gasteiger partial charge in [-0.2, -0.15) is 0 Å². The summed E-state index contributed by atoms with van der Waals surface area (Å²) in [5, 5.41) is 10.2. The van der Waals surface area contributed by atoms with Crippen LogP contribution in [0.25, 0.3) is 0 Å². The molecule has 1 aromatic rings. The van der Waals surface area contributed by atoms with Crippen LogP contribution in [0.1, 0.15) is 27.9 Å². The van der Waals surface area contributed by atoms with Crippen molar-refractivity contribution in [1.82, 2.24) is 5.16 Å². The first-order valence-corrected chi connectivity index (χ1v) is 5.09. The van der Waals surface area contributed by atoms with Gasteiger partial charge in [-0.05, 0) is 19.1 Å². The van der Waals surface area contributed by atoms with Gasteiger partial charge >= 0.3 is 5.97 Å². The number of hydrogen-bond donors (Lipinski definition) is 1. The van der Waals surface area contributed by atoms with E-state index in [0.29, 0.717) is 0 Å². The van der Waals surface area contributed by atoms with E-state index in [1.807, 2.05) is 0 Å². The molecule has 0 saturated heterocycles. The fraction of sp³-hybridized carbons (Fsp3) is 0.300. The van der Waals surface area contributed by atoms with Gasteiger partial charge in [0, 0.05) is 6.21 Å². The highest BCUT2D eigenvalue weighted by Gasteiger charge is 2.41. The molecule has 0 spiro atoms. The van der Waals surface area contributed by atoms with Crippen molar-refractivity contribution in [3.63, 3.8) is 0 Å². The summed E-state index contributed by atoms with van der Waals surface area (Å²) in [7, 11) is 0. The minimum absolute atomic E-state index is 0.0877. The molecule has 0 radical (unpaired) electrons. The van der Waals surface area contributed by atoms with Crippen LogP contribution in [0.15, 0.2) is 21.7 Å². The lowest BCUT2D eigenvalue weighted by atomic mass is 10.0. The van der Waals surface area contributed by atoms with Crippen LogP contribution in [0.3, 0.4) is 0 Å². The van der Waals surface area contributed by atoms with Crippen molar-refractivity contribution >= 4 is 23.8 Å². The molecular weight excluding hydrogens is 251 g/mol. The minimum atomic E-state index is -2.30. The van der Waals surface area contributed by atoms with E-state index in [4.69, 9.17) is 21.2 Å². The Labute approximate surface area is 101 Å². The Balaban J connectivity index is 2.51. The molecule has 0 aliphatic carbocycles. The third kappa shape index (κ3) is 1.95. The van der Waals surface area contributed by atoms with Crippen molar-refractivity contribution in [2.24, 2.45) is 4.99 Å². The van der Waals surface area contributed by atoms with E-state index in [2.05, 4.69) is 10.1 Å². The van der Waals surface area contributed by atoms with Crippen molar-refractivity contribution in [3.8, 4) is 0 Å². The summed E-state index contributed by atoms with van der Waals surface area (Å²) in [4.78, 5) is 14.8. The van der Waals surface area contributed by atoms with Crippen LogP contribution >= 0.6 is 11.6 Å². The summed E-state index contributed by atoms with van der Waals surface area (Å²) in [6.45, 7) is 1.43. The summed E-state index contributed by atoms with van der Waals surface area (Å²) in [5.74, 6) is -1.17. The lowest BCUT2D eigenvalue weighted by Gasteiger charge is -2.22. The summed E-state index contributed by atoms with van der Waals surface area (Å²) in [6.07, 6.45) is 3.76. The van der Waals surface area contributed by atoms with Gasteiger partial charge in [0.05, 0.1) is 0 Å². The molecule has 1 N–H and O–H groups in total. The Bertz CT molecular complexity index is 522. The van der Waals surface area contributed by atoms with Gasteiger partial charge < -0.3 is 9.63 Å². The Morgan fingerprint density at radius 1 is 1.71 bits per heavy atom. The van der Waals surface area contributed by atoms with Gasteiger partial charge in [-0.25, -0.2) is 9.18 Å². The normalized spacial score (nSPS) is 27.4. The third-order valence-corrected chi connectivity index (χ3v) is 2.70. The van der Waals surface area contributed by atoms with Gasteiger partial charge in [-0.1, -0.05) is 16.8 Å². The quantitative estimate of drug-likeness (QED) is 0.826. The SMILES string of the molecule is Cc1onc(C2N=CC=CC2(F)Cl)c1C(=O)O. The molecule has 0 saturated carbocycles. The second kappa shape index (κ2) is 3.96. The molecule has 0 amide bonds. The van der Waals surface area contributed by atoms with Crippen LogP contribution in [0.5, 0.6) is 0 Å². The molecule has 2 atom stereocenters. The molecule has 0 fully saturated rings. The minimum Gasteiger partial charge on any atom is -0.477 e. The zero-order chi connectivity index (χ0) is 12.6. The van der Waals surface area contributed by atoms with Gasteiger partial charge in [0.2, 0.25) is 5.13 Å². The predicted octanol–water partition coefficient (Wildman–Crippen LogP) is 2.27. The van der Waals surface area contributed by atoms with Crippen LogP contribution in [0.2, 0.25) is 0 Å². The number of nitrogens with zero attached hydrogens (tertiary/aromatic N) is 2. The van der Waals surface area contributed by atoms with Crippen molar-refractivity contribution in [2.75, 3.05) is 0 Å². The van der Waals surface area contributed by atoms with E-state index < -0.39 is 17.1 Å². The van der Waals surface area contributed by atoms with Crippen LogP contribution in [-0.2, 0) is 0 Å². The van der Waals surface area contributed by atoms with Crippen molar-refractivity contribution in [2.45, 2.75) is 18.1 Å². The van der Waals surface area contributed by atoms with Gasteiger partial charge in [0.25, 0.3) is 0 Å². The molecule has 0 aromatic carbocycles. The number of aliphatic imine (C=N–C) groups is 1. The maximum Gasteiger partial charge on any atom is 0.341 e. The summed E-state index contributed by atoms with van der Waals surface area (Å²) in [6, 6.07) is -1.22. The average Bonchev–Trinajstić information content (AvgIpc) is 2.59. The fourth-order valence-electron chi connectivity index (χ4n) is 1.59. The number of allylic oxidation sites excluding steroid dienone is 1. The molecule has 17 heavy (non-hydrogen) atoms. The maximum absolute atomic E-state index is 14.0. The van der Waals surface area contributed by atoms with E-state index in [0.717, 1.165) is 6.08 Å². The summed E-state index contributed by atoms with van der Waals surface area (Å²) >= 11 is 5.62. The number of dihydropyridines is 1. The lowest BCUT2D eigenvalue weighted by Crippen LogP contribution is -2.25. The smallest absolute Gasteiger partial charge is 0.341 e. The number of carboxylic acid groups (broad SMARTS) is 1. The fourth-order valence-corrected chi connectivity index (χ4v) is 1.82. The Hall–Kier alpha value is -1.69. The maximum atomic E-state index is 14.0. The topological polar surface area (TPSA) is 75.7 Å². The number of rotatable bonds is 2. The number of carbonyl (C=O) groups is 1. The number of alkyl halides is 2. The highest BCUT2D eigenvalue weighted by Crippen LogP contribution is 2.40. The van der Waals surface area contributed by atoms with E-state index >= 15 is 0 Å². The van der Waals surface area contributed by atoms with Gasteiger partial charge in [0.1, 0.15) is 23.1 Å². The van der Waals surface area contributed by atoms with E-state index in [1.54, 1.807) is 0 Å². The average molecular weight is 259 g/mol. The molecule has 1 aliphatic heterocycles. The Morgan fingerprint density at radius 3 is 3.00 bits per heavy atom. The van der Waals surface area contributed by atoms with Crippen LogP contribution in [-0.4, -0.2) is 27.6 Å². The third-order valence-electron chi connectivity index (χ3n) is 2.37. The largest absolute Gasteiger partial charge is 0.477 e. The second-order valence-corrected chi connectivity index (χ2v) is 4.12. The van der Waals surface area contributed by atoms with E-state index in [1.165, 1.54) is 19.2 Å². The number of hydrogen-bond acceptors (Lipinski definition) is 4. The summed E-state index contributed by atoms with van der Waals surface area (Å²) < 4.78 is 18.7. The Kier molecular flexibility index (Phi) is 2.74. The number of aromatic carboxylic acids is 1. The molecule has 0 bridgehead atoms. The molecule has 2 unspecified atom stereocenters. The standard InChI is InChI=1S/C10H8ClFN2O3/c1-5-6(9(15)16)7(14-17-5)8-10(11,12)3-2-4-13-8/h2-4,8H,1H3,(H,15,16). The molecule has 1 aromatic heterocycles. The van der Waals surface area contributed by atoms with E-state index in [9.17, 15) is 9.18 Å². The lowest BCUT2D eigenvalue weighted by molar-refractivity contribution is 0.0693. The predicted molar refractivity (Wildman–Crippen MR) is 58.3 cm³/mol. The van der Waals surface area contributed by atoms with Crippen molar-refractivity contribution in [1.29, 1.82) is 0 Å². The monoisotopic (exact) mass is 258 g/mol. The molecule has 2 heterocycles. The highest BCUT2D eigenvalue weighted by atomic mass is 35.5. The van der Waals surface area contributed by atoms with Gasteiger partial charge in [-0.3, -0.25) is 4.99 Å². The molecule has 1 aliphatic rings. The number of aryl methyl sites for hydroxylation is 1. The number of carboxylic acids is 1. The first-order valence-electron chi connectivity index (χ1n) is 4.72. The molecule has 5 nitrogen and oxygen atoms in total.